The van der Waals surface area contributed by atoms with E-state index in [1.54, 1.807) is 0 Å². The van der Waals surface area contributed by atoms with E-state index >= 15 is 0 Å². The van der Waals surface area contributed by atoms with E-state index < -0.39 is 0 Å². The van der Waals surface area contributed by atoms with Crippen LogP contribution >= 0.6 is 0 Å². The lowest BCUT2D eigenvalue weighted by Gasteiger charge is -2.36. The molecule has 1 saturated heterocycles. The summed E-state index contributed by atoms with van der Waals surface area (Å²) >= 11 is 0. The van der Waals surface area contributed by atoms with Gasteiger partial charge < -0.3 is 5.73 Å². The maximum absolute atomic E-state index is 11.6. The Morgan fingerprint density at radius 1 is 1.10 bits per heavy atom. The van der Waals surface area contributed by atoms with Gasteiger partial charge in [-0.2, -0.15) is 0 Å². The van der Waals surface area contributed by atoms with E-state index in [1.165, 1.54) is 5.56 Å². The van der Waals surface area contributed by atoms with Gasteiger partial charge in [-0.3, -0.25) is 9.69 Å². The van der Waals surface area contributed by atoms with Gasteiger partial charge in [-0.25, -0.2) is 4.68 Å². The second kappa shape index (κ2) is 8.53. The number of tetrazole rings is 1. The molecule has 29 heavy (non-hydrogen) atoms. The molecular formula is C22H26N6O. The lowest BCUT2D eigenvalue weighted by Crippen LogP contribution is -2.41. The van der Waals surface area contributed by atoms with Crippen molar-refractivity contribution in [2.24, 2.45) is 11.7 Å². The summed E-state index contributed by atoms with van der Waals surface area (Å²) in [5, 5.41) is 12.7. The first-order chi connectivity index (χ1) is 14.1. The normalized spacial score (nSPS) is 16.6. The molecule has 4 rings (SSSR count). The average molecular weight is 390 g/mol. The van der Waals surface area contributed by atoms with Crippen LogP contribution in [0.4, 0.5) is 0 Å². The van der Waals surface area contributed by atoms with Gasteiger partial charge in [0, 0.05) is 5.92 Å². The average Bonchev–Trinajstić information content (AvgIpc) is 3.18. The van der Waals surface area contributed by atoms with Crippen molar-refractivity contribution >= 4 is 5.91 Å². The molecule has 3 aromatic rings. The van der Waals surface area contributed by atoms with E-state index in [-0.39, 0.29) is 17.9 Å². The quantitative estimate of drug-likeness (QED) is 0.698. The molecule has 1 amide bonds. The Balaban J connectivity index is 1.66. The molecule has 150 valence electrons. The van der Waals surface area contributed by atoms with Crippen LogP contribution in [0.15, 0.2) is 54.6 Å². The SMILES string of the molecule is Cc1ccc([C@@H](c2nnnn2Cc2ccccc2)N2CCC(C(N)=O)CC2)cc1. The number of likely N-dealkylation sites (tertiary alicyclic amines) is 1. The van der Waals surface area contributed by atoms with E-state index in [0.717, 1.165) is 42.9 Å². The summed E-state index contributed by atoms with van der Waals surface area (Å²) in [6.45, 7) is 4.26. The molecule has 2 N–H and O–H groups in total. The predicted molar refractivity (Wildman–Crippen MR) is 110 cm³/mol. The molecule has 1 fully saturated rings. The minimum absolute atomic E-state index is 0.0507. The number of nitrogens with two attached hydrogens (primary N) is 1. The molecule has 0 unspecified atom stereocenters. The standard InChI is InChI=1S/C22H26N6O/c1-16-7-9-18(10-8-16)20(27-13-11-19(12-14-27)21(23)29)22-24-25-26-28(22)15-17-5-3-2-4-6-17/h2-10,19-20H,11-15H2,1H3,(H2,23,29)/t20-/m0/s1. The molecule has 7 heteroatoms. The summed E-state index contributed by atoms with van der Waals surface area (Å²) in [4.78, 5) is 13.9. The van der Waals surface area contributed by atoms with Crippen LogP contribution in [-0.4, -0.2) is 44.1 Å². The van der Waals surface area contributed by atoms with Crippen molar-refractivity contribution in [1.82, 2.24) is 25.1 Å². The fraction of sp³-hybridized carbons (Fsp3) is 0.364. The van der Waals surface area contributed by atoms with Crippen molar-refractivity contribution in [2.45, 2.75) is 32.4 Å². The molecule has 2 aromatic carbocycles. The Bertz CT molecular complexity index is 945. The first-order valence-corrected chi connectivity index (χ1v) is 10.0. The number of carbonyl (C=O) groups is 1. The molecular weight excluding hydrogens is 364 g/mol. The zero-order chi connectivity index (χ0) is 20.2. The number of carbonyl (C=O) groups excluding carboxylic acids is 1. The number of hydrogen-bond donors (Lipinski definition) is 1. The maximum atomic E-state index is 11.6. The Morgan fingerprint density at radius 3 is 2.45 bits per heavy atom. The summed E-state index contributed by atoms with van der Waals surface area (Å²) < 4.78 is 1.88. The van der Waals surface area contributed by atoms with Crippen LogP contribution in [0.1, 0.15) is 41.4 Å². The first-order valence-electron chi connectivity index (χ1n) is 10.0. The summed E-state index contributed by atoms with van der Waals surface area (Å²) in [6, 6.07) is 18.6. The van der Waals surface area contributed by atoms with Crippen LogP contribution in [0, 0.1) is 12.8 Å². The topological polar surface area (TPSA) is 89.9 Å². The fourth-order valence-corrected chi connectivity index (χ4v) is 3.99. The van der Waals surface area contributed by atoms with Gasteiger partial charge in [0.1, 0.15) is 0 Å². The molecule has 1 aromatic heterocycles. The van der Waals surface area contributed by atoms with Crippen LogP contribution in [0.3, 0.4) is 0 Å². The van der Waals surface area contributed by atoms with E-state index in [2.05, 4.69) is 63.7 Å². The lowest BCUT2D eigenvalue weighted by atomic mass is 9.93. The van der Waals surface area contributed by atoms with Crippen LogP contribution in [-0.2, 0) is 11.3 Å². The number of primary amides is 1. The lowest BCUT2D eigenvalue weighted by molar-refractivity contribution is -0.123. The smallest absolute Gasteiger partial charge is 0.220 e. The van der Waals surface area contributed by atoms with Crippen molar-refractivity contribution in [3.8, 4) is 0 Å². The molecule has 7 nitrogen and oxygen atoms in total. The molecule has 0 bridgehead atoms. The maximum Gasteiger partial charge on any atom is 0.220 e. The van der Waals surface area contributed by atoms with E-state index in [9.17, 15) is 4.79 Å². The molecule has 0 spiro atoms. The highest BCUT2D eigenvalue weighted by Gasteiger charge is 2.32. The number of nitrogens with zero attached hydrogens (tertiary/aromatic N) is 5. The number of hydrogen-bond acceptors (Lipinski definition) is 5. The second-order valence-electron chi connectivity index (χ2n) is 7.71. The highest BCUT2D eigenvalue weighted by Crippen LogP contribution is 2.31. The second-order valence-corrected chi connectivity index (χ2v) is 7.71. The number of piperidine rings is 1. The van der Waals surface area contributed by atoms with E-state index in [4.69, 9.17) is 5.73 Å². The van der Waals surface area contributed by atoms with Crippen molar-refractivity contribution in [3.05, 3.63) is 77.1 Å². The van der Waals surface area contributed by atoms with E-state index in [0.29, 0.717) is 6.54 Å². The number of amides is 1. The molecule has 0 radical (unpaired) electrons. The largest absolute Gasteiger partial charge is 0.369 e. The van der Waals surface area contributed by atoms with Crippen molar-refractivity contribution in [2.75, 3.05) is 13.1 Å². The Hall–Kier alpha value is -3.06. The summed E-state index contributed by atoms with van der Waals surface area (Å²) in [6.07, 6.45) is 1.52. The van der Waals surface area contributed by atoms with Crippen molar-refractivity contribution in [1.29, 1.82) is 0 Å². The van der Waals surface area contributed by atoms with Gasteiger partial charge in [-0.1, -0.05) is 60.2 Å². The number of aromatic nitrogens is 4. The van der Waals surface area contributed by atoms with Gasteiger partial charge >= 0.3 is 0 Å². The molecule has 1 aliphatic heterocycles. The zero-order valence-electron chi connectivity index (χ0n) is 16.6. The monoisotopic (exact) mass is 390 g/mol. The summed E-state index contributed by atoms with van der Waals surface area (Å²) in [5.74, 6) is 0.561. The molecule has 1 atom stereocenters. The van der Waals surface area contributed by atoms with Crippen LogP contribution in [0.25, 0.3) is 0 Å². The van der Waals surface area contributed by atoms with Crippen molar-refractivity contribution in [3.63, 3.8) is 0 Å². The molecule has 0 aliphatic carbocycles. The van der Waals surface area contributed by atoms with Gasteiger partial charge in [0.05, 0.1) is 12.6 Å². The third kappa shape index (κ3) is 4.35. The highest BCUT2D eigenvalue weighted by molar-refractivity contribution is 5.76. The minimum Gasteiger partial charge on any atom is -0.369 e. The Kier molecular flexibility index (Phi) is 5.67. The Labute approximate surface area is 170 Å². The zero-order valence-corrected chi connectivity index (χ0v) is 16.6. The van der Waals surface area contributed by atoms with Crippen LogP contribution < -0.4 is 5.73 Å². The third-order valence-corrected chi connectivity index (χ3v) is 5.67. The van der Waals surface area contributed by atoms with Crippen LogP contribution in [0.5, 0.6) is 0 Å². The third-order valence-electron chi connectivity index (χ3n) is 5.67. The molecule has 2 heterocycles. The summed E-state index contributed by atoms with van der Waals surface area (Å²) in [7, 11) is 0. The van der Waals surface area contributed by atoms with Gasteiger partial charge in [-0.05, 0) is 54.4 Å². The Morgan fingerprint density at radius 2 is 1.79 bits per heavy atom. The van der Waals surface area contributed by atoms with Crippen LogP contribution in [0.2, 0.25) is 0 Å². The van der Waals surface area contributed by atoms with Gasteiger partial charge in [0.25, 0.3) is 0 Å². The van der Waals surface area contributed by atoms with Gasteiger partial charge in [0.15, 0.2) is 5.82 Å². The first kappa shape index (κ1) is 19.3. The number of aryl methyl sites for hydroxylation is 1. The van der Waals surface area contributed by atoms with E-state index in [1.807, 2.05) is 22.9 Å². The van der Waals surface area contributed by atoms with Crippen molar-refractivity contribution < 1.29 is 4.79 Å². The highest BCUT2D eigenvalue weighted by atomic mass is 16.1. The number of rotatable bonds is 6. The molecule has 1 aliphatic rings. The predicted octanol–water partition coefficient (Wildman–Crippen LogP) is 2.32. The number of benzene rings is 2. The van der Waals surface area contributed by atoms with Gasteiger partial charge in [0.2, 0.25) is 5.91 Å². The fourth-order valence-electron chi connectivity index (χ4n) is 3.99. The minimum atomic E-state index is -0.203. The van der Waals surface area contributed by atoms with Gasteiger partial charge in [-0.15, -0.1) is 5.10 Å². The molecule has 0 saturated carbocycles. The summed E-state index contributed by atoms with van der Waals surface area (Å²) in [5.41, 5.74) is 9.04.